The predicted octanol–water partition coefficient (Wildman–Crippen LogP) is 1.94. The van der Waals surface area contributed by atoms with Crippen LogP contribution in [0.15, 0.2) is 18.6 Å². The summed E-state index contributed by atoms with van der Waals surface area (Å²) >= 11 is 0. The Morgan fingerprint density at radius 1 is 1.28 bits per heavy atom. The molecule has 0 aliphatic carbocycles. The van der Waals surface area contributed by atoms with E-state index in [2.05, 4.69) is 9.97 Å². The summed E-state index contributed by atoms with van der Waals surface area (Å²) in [4.78, 5) is 24.5. The molecule has 2 amide bonds. The summed E-state index contributed by atoms with van der Waals surface area (Å²) in [5.74, 6) is 1.16. The van der Waals surface area contributed by atoms with Gasteiger partial charge in [0.1, 0.15) is 5.60 Å². The lowest BCUT2D eigenvalue weighted by Crippen LogP contribution is -2.68. The first-order chi connectivity index (χ1) is 12.2. The minimum absolute atomic E-state index is 0.120. The van der Waals surface area contributed by atoms with Crippen LogP contribution in [0.3, 0.4) is 0 Å². The fraction of sp³-hybridized carbons (Fsp3) is 0.722. The molecule has 0 unspecified atom stereocenters. The van der Waals surface area contributed by atoms with Crippen LogP contribution >= 0.6 is 0 Å². The smallest absolute Gasteiger partial charge is 0.320 e. The van der Waals surface area contributed by atoms with E-state index in [1.165, 1.54) is 0 Å². The second-order valence-corrected chi connectivity index (χ2v) is 7.40. The molecule has 1 aromatic rings. The highest BCUT2D eigenvalue weighted by Gasteiger charge is 2.50. The van der Waals surface area contributed by atoms with Crippen molar-refractivity contribution in [2.24, 2.45) is 5.92 Å². The second kappa shape index (κ2) is 7.15. The first-order valence-electron chi connectivity index (χ1n) is 9.31. The molecule has 0 bridgehead atoms. The van der Waals surface area contributed by atoms with Crippen molar-refractivity contribution in [3.05, 3.63) is 18.6 Å². The average Bonchev–Trinajstić information content (AvgIpc) is 3.15. The summed E-state index contributed by atoms with van der Waals surface area (Å²) < 4.78 is 11.7. The lowest BCUT2D eigenvalue weighted by Gasteiger charge is -2.53. The van der Waals surface area contributed by atoms with E-state index >= 15 is 0 Å². The third kappa shape index (κ3) is 3.71. The molecule has 3 aliphatic heterocycles. The summed E-state index contributed by atoms with van der Waals surface area (Å²) in [5.41, 5.74) is -0.120. The fourth-order valence-corrected chi connectivity index (χ4v) is 4.18. The molecular formula is C18H26N4O3. The van der Waals surface area contributed by atoms with Gasteiger partial charge in [0.2, 0.25) is 5.88 Å². The largest absolute Gasteiger partial charge is 0.477 e. The van der Waals surface area contributed by atoms with Crippen molar-refractivity contribution in [1.29, 1.82) is 0 Å². The van der Waals surface area contributed by atoms with Gasteiger partial charge in [-0.05, 0) is 38.0 Å². The van der Waals surface area contributed by atoms with Gasteiger partial charge in [0.05, 0.1) is 25.9 Å². The lowest BCUT2D eigenvalue weighted by molar-refractivity contribution is -0.167. The zero-order valence-electron chi connectivity index (χ0n) is 14.6. The molecule has 7 heteroatoms. The first-order valence-corrected chi connectivity index (χ1v) is 9.31. The Balaban J connectivity index is 1.22. The van der Waals surface area contributed by atoms with Gasteiger partial charge in [-0.2, -0.15) is 0 Å². The van der Waals surface area contributed by atoms with Crippen molar-refractivity contribution in [3.63, 3.8) is 0 Å². The van der Waals surface area contributed by atoms with Gasteiger partial charge in [-0.15, -0.1) is 0 Å². The normalized spacial score (nSPS) is 25.0. The van der Waals surface area contributed by atoms with Crippen LogP contribution in [-0.4, -0.2) is 70.8 Å². The molecule has 0 radical (unpaired) electrons. The summed E-state index contributed by atoms with van der Waals surface area (Å²) in [7, 11) is 0. The zero-order chi connectivity index (χ0) is 17.1. The Kier molecular flexibility index (Phi) is 4.74. The zero-order valence-corrected chi connectivity index (χ0v) is 14.6. The standard InChI is InChI=1S/C18H26N4O3/c23-17(21-7-1-2-8-21)22-13-18(14-22)11-15(4-10-25-18)3-9-24-16-12-19-5-6-20-16/h5-6,12,15H,1-4,7-11,13-14H2/t15-/m1/s1. The van der Waals surface area contributed by atoms with Crippen molar-refractivity contribution in [2.45, 2.75) is 37.7 Å². The van der Waals surface area contributed by atoms with Gasteiger partial charge >= 0.3 is 6.03 Å². The Morgan fingerprint density at radius 3 is 2.88 bits per heavy atom. The topological polar surface area (TPSA) is 67.8 Å². The summed E-state index contributed by atoms with van der Waals surface area (Å²) in [6.45, 7) is 4.72. The number of carbonyl (C=O) groups is 1. The maximum Gasteiger partial charge on any atom is 0.320 e. The van der Waals surface area contributed by atoms with E-state index in [9.17, 15) is 4.79 Å². The Bertz CT molecular complexity index is 585. The van der Waals surface area contributed by atoms with Gasteiger partial charge in [-0.3, -0.25) is 4.98 Å². The van der Waals surface area contributed by atoms with Gasteiger partial charge in [0.15, 0.2) is 0 Å². The van der Waals surface area contributed by atoms with E-state index in [1.807, 2.05) is 9.80 Å². The van der Waals surface area contributed by atoms with Crippen molar-refractivity contribution in [2.75, 3.05) is 39.4 Å². The number of urea groups is 1. The molecule has 0 saturated carbocycles. The van der Waals surface area contributed by atoms with Crippen LogP contribution in [0.5, 0.6) is 5.88 Å². The van der Waals surface area contributed by atoms with Gasteiger partial charge < -0.3 is 19.3 Å². The SMILES string of the molecule is O=C(N1CCCC1)N1CC2(C[C@H](CCOc3cnccn3)CCO2)C1. The van der Waals surface area contributed by atoms with E-state index in [0.717, 1.165) is 64.9 Å². The van der Waals surface area contributed by atoms with Crippen LogP contribution in [0.4, 0.5) is 4.79 Å². The van der Waals surface area contributed by atoms with Crippen LogP contribution in [0.1, 0.15) is 32.1 Å². The number of hydrogen-bond acceptors (Lipinski definition) is 5. The molecule has 7 nitrogen and oxygen atoms in total. The molecule has 1 spiro atoms. The minimum Gasteiger partial charge on any atom is -0.477 e. The highest BCUT2D eigenvalue weighted by atomic mass is 16.5. The van der Waals surface area contributed by atoms with Crippen LogP contribution in [0.25, 0.3) is 0 Å². The molecule has 3 saturated heterocycles. The molecule has 136 valence electrons. The van der Waals surface area contributed by atoms with Crippen molar-refractivity contribution in [3.8, 4) is 5.88 Å². The number of amides is 2. The van der Waals surface area contributed by atoms with E-state index in [-0.39, 0.29) is 11.6 Å². The van der Waals surface area contributed by atoms with Crippen molar-refractivity contribution < 1.29 is 14.3 Å². The lowest BCUT2D eigenvalue weighted by atomic mass is 9.79. The fourth-order valence-electron chi connectivity index (χ4n) is 4.18. The van der Waals surface area contributed by atoms with Crippen LogP contribution in [-0.2, 0) is 4.74 Å². The first kappa shape index (κ1) is 16.6. The number of likely N-dealkylation sites (tertiary alicyclic amines) is 2. The highest BCUT2D eigenvalue weighted by Crippen LogP contribution is 2.38. The van der Waals surface area contributed by atoms with E-state index in [4.69, 9.17) is 9.47 Å². The molecule has 4 heterocycles. The van der Waals surface area contributed by atoms with Crippen LogP contribution < -0.4 is 4.74 Å². The molecule has 3 fully saturated rings. The number of aromatic nitrogens is 2. The number of hydrogen-bond donors (Lipinski definition) is 0. The Hall–Kier alpha value is -1.89. The Labute approximate surface area is 148 Å². The second-order valence-electron chi connectivity index (χ2n) is 7.40. The average molecular weight is 346 g/mol. The number of rotatable bonds is 4. The van der Waals surface area contributed by atoms with Crippen molar-refractivity contribution in [1.82, 2.24) is 19.8 Å². The molecule has 0 aromatic carbocycles. The van der Waals surface area contributed by atoms with Crippen LogP contribution in [0, 0.1) is 5.92 Å². The number of ether oxygens (including phenoxy) is 2. The van der Waals surface area contributed by atoms with E-state index in [0.29, 0.717) is 18.4 Å². The van der Waals surface area contributed by atoms with Gasteiger partial charge in [0.25, 0.3) is 0 Å². The molecule has 0 N–H and O–H groups in total. The minimum atomic E-state index is -0.120. The Morgan fingerprint density at radius 2 is 2.12 bits per heavy atom. The molecule has 3 aliphatic rings. The maximum absolute atomic E-state index is 12.4. The third-order valence-corrected chi connectivity index (χ3v) is 5.52. The van der Waals surface area contributed by atoms with Gasteiger partial charge in [-0.1, -0.05) is 0 Å². The van der Waals surface area contributed by atoms with Gasteiger partial charge in [0, 0.05) is 32.1 Å². The van der Waals surface area contributed by atoms with E-state index < -0.39 is 0 Å². The molecule has 1 atom stereocenters. The molecular weight excluding hydrogens is 320 g/mol. The summed E-state index contributed by atoms with van der Waals surface area (Å²) in [6.07, 6.45) is 10.2. The molecule has 1 aromatic heterocycles. The van der Waals surface area contributed by atoms with Crippen LogP contribution in [0.2, 0.25) is 0 Å². The van der Waals surface area contributed by atoms with Gasteiger partial charge in [-0.25, -0.2) is 9.78 Å². The third-order valence-electron chi connectivity index (χ3n) is 5.52. The molecule has 25 heavy (non-hydrogen) atoms. The quantitative estimate of drug-likeness (QED) is 0.833. The highest BCUT2D eigenvalue weighted by molar-refractivity contribution is 5.76. The maximum atomic E-state index is 12.4. The summed E-state index contributed by atoms with van der Waals surface area (Å²) in [6, 6.07) is 0.194. The summed E-state index contributed by atoms with van der Waals surface area (Å²) in [5, 5.41) is 0. The van der Waals surface area contributed by atoms with Crippen molar-refractivity contribution >= 4 is 6.03 Å². The number of nitrogens with zero attached hydrogens (tertiary/aromatic N) is 4. The van der Waals surface area contributed by atoms with E-state index in [1.54, 1.807) is 18.6 Å². The predicted molar refractivity (Wildman–Crippen MR) is 91.3 cm³/mol. The monoisotopic (exact) mass is 346 g/mol. The molecule has 4 rings (SSSR count). The number of carbonyl (C=O) groups excluding carboxylic acids is 1.